The average molecular weight is 336 g/mol. The van der Waals surface area contributed by atoms with Crippen LogP contribution in [0.25, 0.3) is 0 Å². The molecule has 4 heteroatoms. The van der Waals surface area contributed by atoms with E-state index in [1.807, 2.05) is 30.3 Å². The van der Waals surface area contributed by atoms with Crippen molar-refractivity contribution in [1.29, 1.82) is 0 Å². The third kappa shape index (κ3) is 3.38. The molecule has 1 N–H and O–H groups in total. The molecule has 0 fully saturated rings. The van der Waals surface area contributed by atoms with E-state index in [9.17, 15) is 5.11 Å². The summed E-state index contributed by atoms with van der Waals surface area (Å²) < 4.78 is 6.09. The Balaban J connectivity index is 2.19. The Morgan fingerprint density at radius 1 is 1.35 bits per heavy atom. The number of benzene rings is 1. The lowest BCUT2D eigenvalue weighted by Gasteiger charge is -2.14. The van der Waals surface area contributed by atoms with Gasteiger partial charge in [0.1, 0.15) is 11.9 Å². The van der Waals surface area contributed by atoms with Gasteiger partial charge in [0.15, 0.2) is 0 Å². The topological polar surface area (TPSA) is 42.4 Å². The van der Waals surface area contributed by atoms with Gasteiger partial charge in [0.2, 0.25) is 0 Å². The number of aryl methyl sites for hydroxylation is 1. The number of rotatable bonds is 5. The molecule has 1 aromatic carbocycles. The smallest absolute Gasteiger partial charge is 0.133 e. The van der Waals surface area contributed by atoms with Gasteiger partial charge >= 0.3 is 0 Å². The quantitative estimate of drug-likeness (QED) is 0.905. The molecular weight excluding hydrogens is 318 g/mol. The van der Waals surface area contributed by atoms with E-state index in [1.165, 1.54) is 0 Å². The first-order valence-electron chi connectivity index (χ1n) is 6.60. The highest BCUT2D eigenvalue weighted by molar-refractivity contribution is 9.10. The van der Waals surface area contributed by atoms with E-state index in [0.29, 0.717) is 6.42 Å². The summed E-state index contributed by atoms with van der Waals surface area (Å²) >= 11 is 3.46. The van der Waals surface area contributed by atoms with Crippen molar-refractivity contribution in [2.45, 2.75) is 25.9 Å². The predicted octanol–water partition coefficient (Wildman–Crippen LogP) is 3.69. The number of hydrogen-bond donors (Lipinski definition) is 1. The van der Waals surface area contributed by atoms with Crippen LogP contribution in [0.15, 0.2) is 41.0 Å². The summed E-state index contributed by atoms with van der Waals surface area (Å²) in [5, 5.41) is 10.4. The summed E-state index contributed by atoms with van der Waals surface area (Å²) in [7, 11) is 1.63. The first kappa shape index (κ1) is 15.0. The summed E-state index contributed by atoms with van der Waals surface area (Å²) in [5.74, 6) is 0.787. The number of aliphatic hydroxyl groups excluding tert-OH is 1. The molecule has 0 aliphatic heterocycles. The lowest BCUT2D eigenvalue weighted by molar-refractivity contribution is 0.172. The van der Waals surface area contributed by atoms with E-state index >= 15 is 0 Å². The molecule has 1 unspecified atom stereocenters. The third-order valence-corrected chi connectivity index (χ3v) is 3.89. The highest BCUT2D eigenvalue weighted by Crippen LogP contribution is 2.28. The molecule has 106 valence electrons. The molecule has 0 saturated carbocycles. The number of ether oxygens (including phenoxy) is 1. The number of pyridine rings is 1. The van der Waals surface area contributed by atoms with Crippen LogP contribution in [0.1, 0.15) is 29.8 Å². The second-order valence-corrected chi connectivity index (χ2v) is 5.44. The maximum atomic E-state index is 10.4. The molecule has 1 aromatic heterocycles. The van der Waals surface area contributed by atoms with E-state index in [2.05, 4.69) is 27.8 Å². The molecule has 0 bridgehead atoms. The predicted molar refractivity (Wildman–Crippen MR) is 83.0 cm³/mol. The van der Waals surface area contributed by atoms with Crippen LogP contribution in [0.2, 0.25) is 0 Å². The van der Waals surface area contributed by atoms with Crippen LogP contribution >= 0.6 is 15.9 Å². The van der Waals surface area contributed by atoms with Gasteiger partial charge in [0.05, 0.1) is 17.3 Å². The highest BCUT2D eigenvalue weighted by atomic mass is 79.9. The normalized spacial score (nSPS) is 12.2. The highest BCUT2D eigenvalue weighted by Gasteiger charge is 2.14. The van der Waals surface area contributed by atoms with Crippen molar-refractivity contribution in [1.82, 2.24) is 4.98 Å². The Labute approximate surface area is 127 Å². The van der Waals surface area contributed by atoms with Crippen molar-refractivity contribution >= 4 is 15.9 Å². The SMILES string of the molecule is CCc1cccnc1C(O)Cc1ccc(OC)c(Br)c1. The molecule has 0 amide bonds. The Morgan fingerprint density at radius 2 is 2.15 bits per heavy atom. The maximum absolute atomic E-state index is 10.4. The molecule has 2 rings (SSSR count). The molecule has 3 nitrogen and oxygen atoms in total. The fourth-order valence-electron chi connectivity index (χ4n) is 2.21. The molecule has 0 saturated heterocycles. The van der Waals surface area contributed by atoms with Crippen molar-refractivity contribution in [2.24, 2.45) is 0 Å². The minimum Gasteiger partial charge on any atom is -0.496 e. The van der Waals surface area contributed by atoms with Gasteiger partial charge in [-0.2, -0.15) is 0 Å². The van der Waals surface area contributed by atoms with Crippen molar-refractivity contribution in [3.8, 4) is 5.75 Å². The number of aromatic nitrogens is 1. The monoisotopic (exact) mass is 335 g/mol. The Bertz CT molecular complexity index is 586. The van der Waals surface area contributed by atoms with Crippen molar-refractivity contribution in [3.63, 3.8) is 0 Å². The minimum atomic E-state index is -0.591. The number of aliphatic hydroxyl groups is 1. The van der Waals surface area contributed by atoms with E-state index in [4.69, 9.17) is 4.74 Å². The summed E-state index contributed by atoms with van der Waals surface area (Å²) in [6.07, 6.45) is 2.53. The minimum absolute atomic E-state index is 0.534. The zero-order valence-corrected chi connectivity index (χ0v) is 13.2. The van der Waals surface area contributed by atoms with Gasteiger partial charge < -0.3 is 9.84 Å². The van der Waals surface area contributed by atoms with Crippen LogP contribution in [0, 0.1) is 0 Å². The zero-order valence-electron chi connectivity index (χ0n) is 11.6. The lowest BCUT2D eigenvalue weighted by atomic mass is 10.0. The molecular formula is C16H18BrNO2. The van der Waals surface area contributed by atoms with Gasteiger partial charge in [-0.1, -0.05) is 19.1 Å². The summed E-state index contributed by atoms with van der Waals surface area (Å²) in [4.78, 5) is 4.32. The largest absolute Gasteiger partial charge is 0.496 e. The third-order valence-electron chi connectivity index (χ3n) is 3.27. The van der Waals surface area contributed by atoms with Crippen molar-refractivity contribution in [2.75, 3.05) is 7.11 Å². The van der Waals surface area contributed by atoms with E-state index in [1.54, 1.807) is 13.3 Å². The zero-order chi connectivity index (χ0) is 14.5. The molecule has 1 heterocycles. The van der Waals surface area contributed by atoms with Crippen LogP contribution in [-0.2, 0) is 12.8 Å². The summed E-state index contributed by atoms with van der Waals surface area (Å²) in [5.41, 5.74) is 2.90. The molecule has 1 atom stereocenters. The Morgan fingerprint density at radius 3 is 2.80 bits per heavy atom. The van der Waals surface area contributed by atoms with Crippen molar-refractivity contribution < 1.29 is 9.84 Å². The van der Waals surface area contributed by atoms with Gasteiger partial charge in [0.25, 0.3) is 0 Å². The summed E-state index contributed by atoms with van der Waals surface area (Å²) in [6, 6.07) is 9.73. The van der Waals surface area contributed by atoms with Crippen LogP contribution < -0.4 is 4.74 Å². The van der Waals surface area contributed by atoms with E-state index < -0.39 is 6.10 Å². The maximum Gasteiger partial charge on any atom is 0.133 e. The first-order chi connectivity index (χ1) is 9.65. The standard InChI is InChI=1S/C16H18BrNO2/c1-3-12-5-4-8-18-16(12)14(19)10-11-6-7-15(20-2)13(17)9-11/h4-9,14,19H,3,10H2,1-2H3. The first-order valence-corrected chi connectivity index (χ1v) is 7.39. The van der Waals surface area contributed by atoms with Gasteiger partial charge in [-0.25, -0.2) is 0 Å². The van der Waals surface area contributed by atoms with Crippen LogP contribution in [0.5, 0.6) is 5.75 Å². The second kappa shape index (κ2) is 6.86. The molecule has 20 heavy (non-hydrogen) atoms. The molecule has 0 aliphatic rings. The number of nitrogens with zero attached hydrogens (tertiary/aromatic N) is 1. The second-order valence-electron chi connectivity index (χ2n) is 4.59. The van der Waals surface area contributed by atoms with Gasteiger partial charge in [0, 0.05) is 12.6 Å². The van der Waals surface area contributed by atoms with Crippen LogP contribution in [-0.4, -0.2) is 17.2 Å². The fraction of sp³-hybridized carbons (Fsp3) is 0.312. The average Bonchev–Trinajstić information content (AvgIpc) is 2.47. The van der Waals surface area contributed by atoms with Gasteiger partial charge in [-0.3, -0.25) is 4.98 Å². The van der Waals surface area contributed by atoms with E-state index in [0.717, 1.165) is 33.5 Å². The molecule has 0 radical (unpaired) electrons. The Kier molecular flexibility index (Phi) is 5.15. The molecule has 0 aliphatic carbocycles. The van der Waals surface area contributed by atoms with Crippen molar-refractivity contribution in [3.05, 3.63) is 57.8 Å². The van der Waals surface area contributed by atoms with Gasteiger partial charge in [-0.15, -0.1) is 0 Å². The van der Waals surface area contributed by atoms with Crippen LogP contribution in [0.4, 0.5) is 0 Å². The lowest BCUT2D eigenvalue weighted by Crippen LogP contribution is -2.07. The number of methoxy groups -OCH3 is 1. The number of halogens is 1. The fourth-order valence-corrected chi connectivity index (χ4v) is 2.79. The molecule has 2 aromatic rings. The number of hydrogen-bond acceptors (Lipinski definition) is 3. The van der Waals surface area contributed by atoms with Gasteiger partial charge in [-0.05, 0) is 51.7 Å². The summed E-state index contributed by atoms with van der Waals surface area (Å²) in [6.45, 7) is 2.07. The van der Waals surface area contributed by atoms with E-state index in [-0.39, 0.29) is 0 Å². The Hall–Kier alpha value is -1.39. The molecule has 0 spiro atoms. The van der Waals surface area contributed by atoms with Crippen LogP contribution in [0.3, 0.4) is 0 Å².